The second-order valence-electron chi connectivity index (χ2n) is 5.90. The van der Waals surface area contributed by atoms with Crippen LogP contribution in [0.25, 0.3) is 11.6 Å². The summed E-state index contributed by atoms with van der Waals surface area (Å²) >= 11 is 0. The summed E-state index contributed by atoms with van der Waals surface area (Å²) in [6.07, 6.45) is 2.28. The number of aliphatic carboxylic acids is 1. The number of aryl methyl sites for hydroxylation is 1. The van der Waals surface area contributed by atoms with Crippen LogP contribution in [-0.2, 0) is 16.0 Å². The van der Waals surface area contributed by atoms with Crippen LogP contribution in [0.5, 0.6) is 5.75 Å². The molecule has 6 heteroatoms. The number of phenolic OH excluding ortho intramolecular Hbond substituents is 1. The first kappa shape index (κ1) is 15.9. The average molecular weight is 326 g/mol. The normalized spacial score (nSPS) is 14.8. The zero-order valence-corrected chi connectivity index (χ0v) is 13.4. The smallest absolute Gasteiger partial charge is 0.303 e. The van der Waals surface area contributed by atoms with Crippen molar-refractivity contribution in [2.24, 2.45) is 0 Å². The van der Waals surface area contributed by atoms with Crippen LogP contribution in [0.15, 0.2) is 18.2 Å². The van der Waals surface area contributed by atoms with Gasteiger partial charge < -0.3 is 20.5 Å². The van der Waals surface area contributed by atoms with Crippen LogP contribution in [0.2, 0.25) is 0 Å². The molecule has 1 aliphatic rings. The number of benzene rings is 1. The molecule has 0 aliphatic carbocycles. The number of aromatic nitrogens is 1. The molecule has 124 valence electrons. The highest BCUT2D eigenvalue weighted by Gasteiger charge is 2.25. The van der Waals surface area contributed by atoms with Gasteiger partial charge in [-0.05, 0) is 49.6 Å². The van der Waals surface area contributed by atoms with Crippen molar-refractivity contribution in [2.45, 2.75) is 26.7 Å². The Morgan fingerprint density at radius 1 is 1.29 bits per heavy atom. The minimum Gasteiger partial charge on any atom is -0.508 e. The van der Waals surface area contributed by atoms with Gasteiger partial charge in [-0.1, -0.05) is 0 Å². The van der Waals surface area contributed by atoms with E-state index >= 15 is 0 Å². The zero-order valence-electron chi connectivity index (χ0n) is 13.4. The van der Waals surface area contributed by atoms with Gasteiger partial charge in [0.1, 0.15) is 5.75 Å². The first-order valence-corrected chi connectivity index (χ1v) is 7.63. The van der Waals surface area contributed by atoms with Crippen molar-refractivity contribution in [3.8, 4) is 5.75 Å². The van der Waals surface area contributed by atoms with Gasteiger partial charge in [-0.2, -0.15) is 0 Å². The summed E-state index contributed by atoms with van der Waals surface area (Å²) in [5.74, 6) is -0.966. The van der Waals surface area contributed by atoms with E-state index in [4.69, 9.17) is 5.11 Å². The van der Waals surface area contributed by atoms with Gasteiger partial charge in [0.15, 0.2) is 0 Å². The van der Waals surface area contributed by atoms with Crippen LogP contribution in [0.4, 0.5) is 5.69 Å². The third-order valence-electron chi connectivity index (χ3n) is 4.30. The summed E-state index contributed by atoms with van der Waals surface area (Å²) < 4.78 is 0. The highest BCUT2D eigenvalue weighted by Crippen LogP contribution is 2.36. The molecule has 1 aromatic carbocycles. The summed E-state index contributed by atoms with van der Waals surface area (Å²) in [6.45, 7) is 3.81. The predicted octanol–water partition coefficient (Wildman–Crippen LogP) is 2.85. The molecule has 0 radical (unpaired) electrons. The summed E-state index contributed by atoms with van der Waals surface area (Å²) in [7, 11) is 0. The van der Waals surface area contributed by atoms with E-state index in [0.717, 1.165) is 28.1 Å². The molecule has 1 aliphatic heterocycles. The van der Waals surface area contributed by atoms with Crippen molar-refractivity contribution in [2.75, 3.05) is 5.32 Å². The lowest BCUT2D eigenvalue weighted by Gasteiger charge is -2.01. The number of carbonyl (C=O) groups excluding carboxylic acids is 1. The van der Waals surface area contributed by atoms with Gasteiger partial charge in [-0.3, -0.25) is 9.59 Å². The maximum absolute atomic E-state index is 12.2. The molecule has 2 heterocycles. The number of carboxylic acids is 1. The molecule has 0 saturated heterocycles. The third-order valence-corrected chi connectivity index (χ3v) is 4.30. The zero-order chi connectivity index (χ0) is 17.4. The second kappa shape index (κ2) is 5.88. The first-order valence-electron chi connectivity index (χ1n) is 7.63. The minimum atomic E-state index is -0.834. The molecule has 0 fully saturated rings. The van der Waals surface area contributed by atoms with E-state index in [1.807, 2.05) is 13.8 Å². The summed E-state index contributed by atoms with van der Waals surface area (Å²) in [4.78, 5) is 26.2. The van der Waals surface area contributed by atoms with Crippen LogP contribution in [-0.4, -0.2) is 27.1 Å². The fraction of sp³-hybridized carbons (Fsp3) is 0.222. The molecule has 0 bridgehead atoms. The predicted molar refractivity (Wildman–Crippen MR) is 90.8 cm³/mol. The highest BCUT2D eigenvalue weighted by molar-refractivity contribution is 6.35. The fourth-order valence-electron chi connectivity index (χ4n) is 3.04. The van der Waals surface area contributed by atoms with Gasteiger partial charge in [-0.15, -0.1) is 0 Å². The number of nitrogens with one attached hydrogen (secondary N) is 2. The van der Waals surface area contributed by atoms with Crippen molar-refractivity contribution >= 4 is 29.2 Å². The maximum Gasteiger partial charge on any atom is 0.303 e. The van der Waals surface area contributed by atoms with Crippen molar-refractivity contribution in [1.29, 1.82) is 0 Å². The second-order valence-corrected chi connectivity index (χ2v) is 5.90. The molecule has 2 aromatic rings. The summed E-state index contributed by atoms with van der Waals surface area (Å²) in [6, 6.07) is 4.75. The standard InChI is InChI=1S/C18H18N2O4/c1-9-12(5-6-17(22)23)10(2)19-15(9)8-14-13-4-3-11(21)7-16(13)20-18(14)24/h3-4,7-8,19,21H,5-6H2,1-2H3,(H,20,24)(H,22,23)/b14-8+. The third kappa shape index (κ3) is 2.78. The Morgan fingerprint density at radius 3 is 2.75 bits per heavy atom. The largest absolute Gasteiger partial charge is 0.508 e. The van der Waals surface area contributed by atoms with Crippen molar-refractivity contribution in [3.63, 3.8) is 0 Å². The number of carboxylic acid groups (broad SMARTS) is 1. The summed E-state index contributed by atoms with van der Waals surface area (Å²) in [5.41, 5.74) is 5.44. The fourth-order valence-corrected chi connectivity index (χ4v) is 3.04. The molecule has 0 unspecified atom stereocenters. The number of phenols is 1. The Labute approximate surface area is 138 Å². The highest BCUT2D eigenvalue weighted by atomic mass is 16.4. The van der Waals surface area contributed by atoms with Crippen LogP contribution < -0.4 is 5.32 Å². The number of fused-ring (bicyclic) bond motifs is 1. The van der Waals surface area contributed by atoms with Crippen molar-refractivity contribution in [3.05, 3.63) is 46.3 Å². The van der Waals surface area contributed by atoms with E-state index in [1.165, 1.54) is 12.1 Å². The van der Waals surface area contributed by atoms with Gasteiger partial charge in [0.25, 0.3) is 5.91 Å². The van der Waals surface area contributed by atoms with Gasteiger partial charge in [0.05, 0.1) is 11.3 Å². The molecule has 4 N–H and O–H groups in total. The molecule has 1 aromatic heterocycles. The molecule has 0 saturated carbocycles. The van der Waals surface area contributed by atoms with E-state index in [-0.39, 0.29) is 18.1 Å². The topological polar surface area (TPSA) is 102 Å². The van der Waals surface area contributed by atoms with Crippen LogP contribution in [0.3, 0.4) is 0 Å². The molecule has 6 nitrogen and oxygen atoms in total. The number of aromatic amines is 1. The first-order chi connectivity index (χ1) is 11.4. The number of amides is 1. The number of carbonyl (C=O) groups is 2. The molecular formula is C18H18N2O4. The minimum absolute atomic E-state index is 0.0676. The number of H-pyrrole nitrogens is 1. The van der Waals surface area contributed by atoms with Gasteiger partial charge in [0.2, 0.25) is 0 Å². The molecule has 1 amide bonds. The Morgan fingerprint density at radius 2 is 2.04 bits per heavy atom. The Hall–Kier alpha value is -3.02. The van der Waals surface area contributed by atoms with Crippen LogP contribution in [0.1, 0.15) is 34.5 Å². The molecular weight excluding hydrogens is 308 g/mol. The molecule has 0 spiro atoms. The average Bonchev–Trinajstić information content (AvgIpc) is 2.94. The Kier molecular flexibility index (Phi) is 3.89. The van der Waals surface area contributed by atoms with Gasteiger partial charge in [-0.25, -0.2) is 0 Å². The van der Waals surface area contributed by atoms with Crippen LogP contribution in [0, 0.1) is 13.8 Å². The lowest BCUT2D eigenvalue weighted by atomic mass is 10.0. The molecule has 24 heavy (non-hydrogen) atoms. The van der Waals surface area contributed by atoms with Crippen molar-refractivity contribution in [1.82, 2.24) is 4.98 Å². The number of hydrogen-bond acceptors (Lipinski definition) is 3. The van der Waals surface area contributed by atoms with E-state index in [1.54, 1.807) is 12.1 Å². The van der Waals surface area contributed by atoms with Gasteiger partial charge in [0, 0.05) is 29.4 Å². The number of rotatable bonds is 4. The quantitative estimate of drug-likeness (QED) is 0.649. The Balaban J connectivity index is 1.99. The Bertz CT molecular complexity index is 877. The number of aromatic hydroxyl groups is 1. The monoisotopic (exact) mass is 326 g/mol. The number of hydrogen-bond donors (Lipinski definition) is 4. The molecule has 0 atom stereocenters. The van der Waals surface area contributed by atoms with Crippen molar-refractivity contribution < 1.29 is 19.8 Å². The summed E-state index contributed by atoms with van der Waals surface area (Å²) in [5, 5.41) is 21.1. The molecule has 3 rings (SSSR count). The lowest BCUT2D eigenvalue weighted by Crippen LogP contribution is -2.03. The van der Waals surface area contributed by atoms with E-state index in [2.05, 4.69) is 10.3 Å². The SMILES string of the molecule is Cc1[nH]c(/C=C2/C(=O)Nc3cc(O)ccc32)c(C)c1CCC(=O)O. The van der Waals surface area contributed by atoms with Gasteiger partial charge >= 0.3 is 5.97 Å². The van der Waals surface area contributed by atoms with Crippen LogP contribution >= 0.6 is 0 Å². The van der Waals surface area contributed by atoms with E-state index in [0.29, 0.717) is 17.7 Å². The van der Waals surface area contributed by atoms with E-state index in [9.17, 15) is 14.7 Å². The maximum atomic E-state index is 12.2. The van der Waals surface area contributed by atoms with E-state index < -0.39 is 5.97 Å². The lowest BCUT2D eigenvalue weighted by molar-refractivity contribution is -0.137. The number of anilines is 1.